The molecule has 1 heterocycles. The number of aromatic nitrogens is 1. The van der Waals surface area contributed by atoms with Crippen LogP contribution in [0.2, 0.25) is 0 Å². The van der Waals surface area contributed by atoms with Gasteiger partial charge in [-0.1, -0.05) is 6.92 Å². The minimum atomic E-state index is -3.36. The third-order valence-corrected chi connectivity index (χ3v) is 3.83. The van der Waals surface area contributed by atoms with Crippen molar-refractivity contribution in [1.29, 1.82) is 5.26 Å². The quantitative estimate of drug-likeness (QED) is 0.779. The topological polar surface area (TPSA) is 70.8 Å². The Morgan fingerprint density at radius 1 is 1.53 bits per heavy atom. The normalized spacial score (nSPS) is 11.0. The van der Waals surface area contributed by atoms with Gasteiger partial charge in [0.2, 0.25) is 0 Å². The lowest BCUT2D eigenvalue weighted by molar-refractivity contribution is 0.594. The first kappa shape index (κ1) is 11.7. The number of hydrogen-bond acceptors (Lipinski definition) is 4. The van der Waals surface area contributed by atoms with Crippen molar-refractivity contribution in [3.05, 3.63) is 23.5 Å². The summed E-state index contributed by atoms with van der Waals surface area (Å²) in [6, 6.07) is 3.29. The Hall–Kier alpha value is -1.41. The lowest BCUT2D eigenvalue weighted by Crippen LogP contribution is -2.09. The van der Waals surface area contributed by atoms with E-state index in [0.717, 1.165) is 5.56 Å². The maximum atomic E-state index is 11.8. The van der Waals surface area contributed by atoms with Gasteiger partial charge in [-0.15, -0.1) is 0 Å². The maximum Gasteiger partial charge on any atom is 0.181 e. The van der Waals surface area contributed by atoms with E-state index >= 15 is 0 Å². The van der Waals surface area contributed by atoms with Gasteiger partial charge in [0.15, 0.2) is 15.5 Å². The molecule has 0 saturated carbocycles. The maximum absolute atomic E-state index is 11.8. The number of sulfone groups is 1. The number of pyridine rings is 1. The molecule has 0 aliphatic heterocycles. The Bertz CT molecular complexity index is 501. The van der Waals surface area contributed by atoms with Gasteiger partial charge in [0.1, 0.15) is 11.0 Å². The summed E-state index contributed by atoms with van der Waals surface area (Å²) in [5.74, 6) is 0.0484. The molecular formula is C10H12N2O2S. The van der Waals surface area contributed by atoms with Crippen LogP contribution in [-0.2, 0) is 9.84 Å². The van der Waals surface area contributed by atoms with Crippen molar-refractivity contribution in [3.8, 4) is 6.07 Å². The number of nitriles is 1. The van der Waals surface area contributed by atoms with Crippen LogP contribution in [0.1, 0.15) is 24.6 Å². The SMILES string of the molecule is CCCS(=O)(=O)c1cc(C)cnc1C#N. The van der Waals surface area contributed by atoms with Crippen LogP contribution in [-0.4, -0.2) is 19.2 Å². The van der Waals surface area contributed by atoms with Crippen LogP contribution in [0.4, 0.5) is 0 Å². The Morgan fingerprint density at radius 2 is 2.20 bits per heavy atom. The van der Waals surface area contributed by atoms with Crippen LogP contribution >= 0.6 is 0 Å². The second-order valence-corrected chi connectivity index (χ2v) is 5.37. The highest BCUT2D eigenvalue weighted by molar-refractivity contribution is 7.91. The second-order valence-electron chi connectivity index (χ2n) is 3.29. The summed E-state index contributed by atoms with van der Waals surface area (Å²) in [5.41, 5.74) is 0.720. The van der Waals surface area contributed by atoms with Gasteiger partial charge in [-0.05, 0) is 25.0 Å². The highest BCUT2D eigenvalue weighted by atomic mass is 32.2. The number of aryl methyl sites for hydroxylation is 1. The average Bonchev–Trinajstić information content (AvgIpc) is 2.17. The van der Waals surface area contributed by atoms with E-state index in [0.29, 0.717) is 6.42 Å². The predicted molar refractivity (Wildman–Crippen MR) is 56.0 cm³/mol. The largest absolute Gasteiger partial charge is 0.244 e. The van der Waals surface area contributed by atoms with Crippen LogP contribution in [0.5, 0.6) is 0 Å². The highest BCUT2D eigenvalue weighted by Gasteiger charge is 2.18. The molecule has 0 aromatic carbocycles. The molecule has 1 aromatic heterocycles. The molecule has 80 valence electrons. The zero-order valence-corrected chi connectivity index (χ0v) is 9.50. The third-order valence-electron chi connectivity index (χ3n) is 1.90. The molecular weight excluding hydrogens is 212 g/mol. The minimum absolute atomic E-state index is 0.0194. The zero-order chi connectivity index (χ0) is 11.5. The van der Waals surface area contributed by atoms with Crippen LogP contribution < -0.4 is 0 Å². The van der Waals surface area contributed by atoms with Gasteiger partial charge in [-0.2, -0.15) is 5.26 Å². The van der Waals surface area contributed by atoms with Crippen LogP contribution in [0.3, 0.4) is 0 Å². The van der Waals surface area contributed by atoms with E-state index in [1.807, 2.05) is 0 Å². The molecule has 1 aromatic rings. The number of nitrogens with zero attached hydrogens (tertiary/aromatic N) is 2. The molecule has 0 N–H and O–H groups in total. The van der Waals surface area contributed by atoms with Crippen molar-refractivity contribution in [2.45, 2.75) is 25.2 Å². The molecule has 1 rings (SSSR count). The van der Waals surface area contributed by atoms with E-state index in [-0.39, 0.29) is 16.3 Å². The first-order valence-electron chi connectivity index (χ1n) is 4.60. The lowest BCUT2D eigenvalue weighted by Gasteiger charge is -2.04. The standard InChI is InChI=1S/C10H12N2O2S/c1-3-4-15(13,14)10-5-8(2)7-12-9(10)6-11/h5,7H,3-4H2,1-2H3. The van der Waals surface area contributed by atoms with Crippen molar-refractivity contribution >= 4 is 9.84 Å². The summed E-state index contributed by atoms with van der Waals surface area (Å²) in [7, 11) is -3.36. The summed E-state index contributed by atoms with van der Waals surface area (Å²) in [4.78, 5) is 3.85. The van der Waals surface area contributed by atoms with Crippen LogP contribution in [0.15, 0.2) is 17.2 Å². The smallest absolute Gasteiger partial charge is 0.181 e. The fraction of sp³-hybridized carbons (Fsp3) is 0.400. The molecule has 5 heteroatoms. The van der Waals surface area contributed by atoms with E-state index < -0.39 is 9.84 Å². The number of hydrogen-bond donors (Lipinski definition) is 0. The van der Waals surface area contributed by atoms with Gasteiger partial charge < -0.3 is 0 Å². The fourth-order valence-electron chi connectivity index (χ4n) is 1.24. The first-order chi connectivity index (χ1) is 7.01. The van der Waals surface area contributed by atoms with E-state index in [1.54, 1.807) is 19.9 Å². The second kappa shape index (κ2) is 4.41. The molecule has 0 unspecified atom stereocenters. The third kappa shape index (κ3) is 2.54. The van der Waals surface area contributed by atoms with E-state index in [1.165, 1.54) is 12.3 Å². The summed E-state index contributed by atoms with van der Waals surface area (Å²) >= 11 is 0. The van der Waals surface area contributed by atoms with Crippen molar-refractivity contribution in [1.82, 2.24) is 4.98 Å². The molecule has 0 fully saturated rings. The monoisotopic (exact) mass is 224 g/mol. The molecule has 0 bridgehead atoms. The molecule has 15 heavy (non-hydrogen) atoms. The molecule has 0 radical (unpaired) electrons. The molecule has 0 atom stereocenters. The summed E-state index contributed by atoms with van der Waals surface area (Å²) in [6.07, 6.45) is 2.02. The van der Waals surface area contributed by atoms with E-state index in [2.05, 4.69) is 4.98 Å². The molecule has 0 aliphatic rings. The predicted octanol–water partition coefficient (Wildman–Crippen LogP) is 1.45. The molecule has 0 aliphatic carbocycles. The molecule has 0 amide bonds. The number of rotatable bonds is 3. The van der Waals surface area contributed by atoms with Crippen molar-refractivity contribution in [2.75, 3.05) is 5.75 Å². The zero-order valence-electron chi connectivity index (χ0n) is 8.69. The fourth-order valence-corrected chi connectivity index (χ4v) is 2.76. The Morgan fingerprint density at radius 3 is 2.73 bits per heavy atom. The lowest BCUT2D eigenvalue weighted by atomic mass is 10.3. The Balaban J connectivity index is 3.37. The summed E-state index contributed by atoms with van der Waals surface area (Å²) < 4.78 is 23.5. The highest BCUT2D eigenvalue weighted by Crippen LogP contribution is 2.16. The Labute approximate surface area is 89.5 Å². The van der Waals surface area contributed by atoms with Gasteiger partial charge in [-0.3, -0.25) is 0 Å². The van der Waals surface area contributed by atoms with E-state index in [4.69, 9.17) is 5.26 Å². The summed E-state index contributed by atoms with van der Waals surface area (Å²) in [6.45, 7) is 3.53. The van der Waals surface area contributed by atoms with Crippen molar-refractivity contribution in [3.63, 3.8) is 0 Å². The van der Waals surface area contributed by atoms with Gasteiger partial charge in [0.05, 0.1) is 5.75 Å². The van der Waals surface area contributed by atoms with Crippen LogP contribution in [0.25, 0.3) is 0 Å². The summed E-state index contributed by atoms with van der Waals surface area (Å²) in [5, 5.41) is 8.76. The van der Waals surface area contributed by atoms with Crippen molar-refractivity contribution in [2.24, 2.45) is 0 Å². The minimum Gasteiger partial charge on any atom is -0.244 e. The van der Waals surface area contributed by atoms with Crippen LogP contribution in [0, 0.1) is 18.3 Å². The first-order valence-corrected chi connectivity index (χ1v) is 6.26. The Kier molecular flexibility index (Phi) is 3.43. The molecule has 0 spiro atoms. The van der Waals surface area contributed by atoms with Gasteiger partial charge in [0, 0.05) is 6.20 Å². The van der Waals surface area contributed by atoms with Gasteiger partial charge in [0.25, 0.3) is 0 Å². The van der Waals surface area contributed by atoms with Gasteiger partial charge in [-0.25, -0.2) is 13.4 Å². The van der Waals surface area contributed by atoms with Gasteiger partial charge >= 0.3 is 0 Å². The van der Waals surface area contributed by atoms with Crippen molar-refractivity contribution < 1.29 is 8.42 Å². The van der Waals surface area contributed by atoms with E-state index in [9.17, 15) is 8.42 Å². The molecule has 0 saturated heterocycles. The average molecular weight is 224 g/mol. The molecule has 4 nitrogen and oxygen atoms in total.